The van der Waals surface area contributed by atoms with E-state index in [1.807, 2.05) is 24.0 Å². The summed E-state index contributed by atoms with van der Waals surface area (Å²) in [4.78, 5) is 10.1. The van der Waals surface area contributed by atoms with Crippen molar-refractivity contribution in [3.05, 3.63) is 47.8 Å². The van der Waals surface area contributed by atoms with Crippen LogP contribution in [0.2, 0.25) is 0 Å². The minimum absolute atomic E-state index is 0.240. The number of para-hydroxylation sites is 1. The van der Waals surface area contributed by atoms with Gasteiger partial charge in [-0.05, 0) is 50.9 Å². The molecule has 0 radical (unpaired) electrons. The summed E-state index contributed by atoms with van der Waals surface area (Å²) in [7, 11) is 3.74. The summed E-state index contributed by atoms with van der Waals surface area (Å²) in [5.41, 5.74) is 2.56. The minimum atomic E-state index is 0.240. The van der Waals surface area contributed by atoms with Gasteiger partial charge in [0.25, 0.3) is 0 Å². The van der Waals surface area contributed by atoms with E-state index < -0.39 is 0 Å². The van der Waals surface area contributed by atoms with E-state index in [4.69, 9.17) is 9.73 Å². The van der Waals surface area contributed by atoms with E-state index in [2.05, 4.69) is 51.5 Å². The smallest absolute Gasteiger partial charge is 0.194 e. The van der Waals surface area contributed by atoms with E-state index in [0.717, 1.165) is 57.4 Å². The molecular formula is C24H36N6O. The summed E-state index contributed by atoms with van der Waals surface area (Å²) in [6.45, 7) is 8.01. The number of hydrogen-bond acceptors (Lipinski definition) is 4. The predicted molar refractivity (Wildman–Crippen MR) is 125 cm³/mol. The number of aromatic nitrogens is 2. The van der Waals surface area contributed by atoms with E-state index in [1.165, 1.54) is 24.0 Å². The number of ether oxygens (including phenoxy) is 1. The Morgan fingerprint density at radius 3 is 2.77 bits per heavy atom. The molecule has 0 spiro atoms. The van der Waals surface area contributed by atoms with Crippen LogP contribution in [0.3, 0.4) is 0 Å². The van der Waals surface area contributed by atoms with Crippen LogP contribution in [0.25, 0.3) is 0 Å². The monoisotopic (exact) mass is 424 g/mol. The van der Waals surface area contributed by atoms with E-state index >= 15 is 0 Å². The van der Waals surface area contributed by atoms with Crippen LogP contribution in [0.1, 0.15) is 49.3 Å². The fraction of sp³-hybridized carbons (Fsp3) is 0.583. The Balaban J connectivity index is 1.52. The molecule has 0 saturated carbocycles. The summed E-state index contributed by atoms with van der Waals surface area (Å²) < 4.78 is 7.59. The molecule has 2 aliphatic rings. The molecule has 2 saturated heterocycles. The molecule has 2 unspecified atom stereocenters. The molecule has 2 aromatic rings. The highest BCUT2D eigenvalue weighted by atomic mass is 16.5. The van der Waals surface area contributed by atoms with Crippen molar-refractivity contribution < 1.29 is 4.74 Å². The second-order valence-corrected chi connectivity index (χ2v) is 8.57. The van der Waals surface area contributed by atoms with Gasteiger partial charge in [-0.3, -0.25) is 14.6 Å². The van der Waals surface area contributed by atoms with Gasteiger partial charge >= 0.3 is 0 Å². The van der Waals surface area contributed by atoms with Crippen LogP contribution in [0, 0.1) is 0 Å². The molecule has 4 rings (SSSR count). The molecule has 7 nitrogen and oxygen atoms in total. The number of hydrogen-bond donors (Lipinski definition) is 1. The lowest BCUT2D eigenvalue weighted by atomic mass is 10.0. The standard InChI is InChI=1S/C24H36N6O/c1-4-25-24(30-14-11-19(18-30)20-15-27-28(2)17-20)26-16-22(29-12-7-8-13-29)21-9-5-6-10-23(21)31-3/h5-6,9-10,15,17,19,22H,4,7-8,11-14,16,18H2,1-3H3,(H,25,26). The number of methoxy groups -OCH3 is 1. The van der Waals surface area contributed by atoms with Crippen molar-refractivity contribution in [1.29, 1.82) is 0 Å². The van der Waals surface area contributed by atoms with Gasteiger partial charge in [0.05, 0.1) is 25.9 Å². The van der Waals surface area contributed by atoms with Gasteiger partial charge in [-0.25, -0.2) is 0 Å². The van der Waals surface area contributed by atoms with Crippen molar-refractivity contribution in [1.82, 2.24) is 24.9 Å². The summed E-state index contributed by atoms with van der Waals surface area (Å²) >= 11 is 0. The van der Waals surface area contributed by atoms with Crippen LogP contribution < -0.4 is 10.1 Å². The first-order chi connectivity index (χ1) is 15.2. The topological polar surface area (TPSA) is 57.9 Å². The van der Waals surface area contributed by atoms with E-state index in [-0.39, 0.29) is 6.04 Å². The Kier molecular flexibility index (Phi) is 7.12. The van der Waals surface area contributed by atoms with Crippen LogP contribution in [0.15, 0.2) is 41.7 Å². The van der Waals surface area contributed by atoms with Crippen molar-refractivity contribution in [3.8, 4) is 5.75 Å². The molecule has 31 heavy (non-hydrogen) atoms. The lowest BCUT2D eigenvalue weighted by molar-refractivity contribution is 0.245. The maximum atomic E-state index is 5.70. The first-order valence-electron chi connectivity index (χ1n) is 11.6. The summed E-state index contributed by atoms with van der Waals surface area (Å²) in [5.74, 6) is 2.49. The Labute approximate surface area is 186 Å². The van der Waals surface area contributed by atoms with Crippen molar-refractivity contribution in [2.24, 2.45) is 12.0 Å². The van der Waals surface area contributed by atoms with Gasteiger partial charge in [-0.1, -0.05) is 18.2 Å². The van der Waals surface area contributed by atoms with Gasteiger partial charge in [0.2, 0.25) is 0 Å². The maximum Gasteiger partial charge on any atom is 0.194 e. The SMILES string of the molecule is CCNC(=NCC(c1ccccc1OC)N1CCCC1)N1CCC(c2cnn(C)c2)C1. The van der Waals surface area contributed by atoms with E-state index in [1.54, 1.807) is 7.11 Å². The summed E-state index contributed by atoms with van der Waals surface area (Å²) in [5, 5.41) is 7.89. The lowest BCUT2D eigenvalue weighted by Gasteiger charge is -2.29. The van der Waals surface area contributed by atoms with Gasteiger partial charge < -0.3 is 15.0 Å². The number of nitrogens with zero attached hydrogens (tertiary/aromatic N) is 5. The molecule has 2 atom stereocenters. The van der Waals surface area contributed by atoms with E-state index in [9.17, 15) is 0 Å². The molecule has 2 fully saturated rings. The minimum Gasteiger partial charge on any atom is -0.496 e. The Morgan fingerprint density at radius 2 is 2.06 bits per heavy atom. The first-order valence-corrected chi connectivity index (χ1v) is 11.6. The molecular weight excluding hydrogens is 388 g/mol. The van der Waals surface area contributed by atoms with Crippen LogP contribution in [-0.2, 0) is 7.05 Å². The predicted octanol–water partition coefficient (Wildman–Crippen LogP) is 3.02. The zero-order chi connectivity index (χ0) is 21.6. The third kappa shape index (κ3) is 5.03. The number of benzene rings is 1. The molecule has 168 valence electrons. The highest BCUT2D eigenvalue weighted by Gasteiger charge is 2.29. The average molecular weight is 425 g/mol. The third-order valence-corrected chi connectivity index (χ3v) is 6.51. The number of likely N-dealkylation sites (tertiary alicyclic amines) is 2. The van der Waals surface area contributed by atoms with Crippen molar-refractivity contribution in [3.63, 3.8) is 0 Å². The number of aryl methyl sites for hydroxylation is 1. The molecule has 2 aliphatic heterocycles. The van der Waals surface area contributed by atoms with Crippen LogP contribution in [0.4, 0.5) is 0 Å². The molecule has 0 amide bonds. The second kappa shape index (κ2) is 10.2. The van der Waals surface area contributed by atoms with Crippen LogP contribution in [-0.4, -0.2) is 71.9 Å². The zero-order valence-corrected chi connectivity index (χ0v) is 19.1. The highest BCUT2D eigenvalue weighted by Crippen LogP contribution is 2.32. The lowest BCUT2D eigenvalue weighted by Crippen LogP contribution is -2.40. The molecule has 1 N–H and O–H groups in total. The summed E-state index contributed by atoms with van der Waals surface area (Å²) in [6.07, 6.45) is 7.80. The average Bonchev–Trinajstić information content (AvgIpc) is 3.55. The van der Waals surface area contributed by atoms with E-state index in [0.29, 0.717) is 5.92 Å². The Morgan fingerprint density at radius 1 is 1.26 bits per heavy atom. The summed E-state index contributed by atoms with van der Waals surface area (Å²) in [6, 6.07) is 8.64. The van der Waals surface area contributed by atoms with Gasteiger partial charge in [-0.2, -0.15) is 5.10 Å². The molecule has 7 heteroatoms. The molecule has 0 bridgehead atoms. The largest absolute Gasteiger partial charge is 0.496 e. The van der Waals surface area contributed by atoms with Gasteiger partial charge in [0.1, 0.15) is 5.75 Å². The Bertz CT molecular complexity index is 872. The second-order valence-electron chi connectivity index (χ2n) is 8.57. The van der Waals surface area contributed by atoms with Gasteiger partial charge in [-0.15, -0.1) is 0 Å². The quantitative estimate of drug-likeness (QED) is 0.547. The fourth-order valence-corrected chi connectivity index (χ4v) is 4.88. The van der Waals surface area contributed by atoms with Crippen molar-refractivity contribution in [2.45, 2.75) is 38.1 Å². The van der Waals surface area contributed by atoms with Crippen molar-refractivity contribution >= 4 is 5.96 Å². The van der Waals surface area contributed by atoms with Crippen molar-refractivity contribution in [2.75, 3.05) is 46.4 Å². The normalized spacial score (nSPS) is 20.9. The Hall–Kier alpha value is -2.54. The van der Waals surface area contributed by atoms with Crippen LogP contribution >= 0.6 is 0 Å². The van der Waals surface area contributed by atoms with Gasteiger partial charge in [0.15, 0.2) is 5.96 Å². The highest BCUT2D eigenvalue weighted by molar-refractivity contribution is 5.80. The zero-order valence-electron chi connectivity index (χ0n) is 19.1. The molecule has 1 aromatic carbocycles. The first kappa shape index (κ1) is 21.7. The molecule has 0 aliphatic carbocycles. The number of aliphatic imine (C=N–C) groups is 1. The maximum absolute atomic E-state index is 5.70. The van der Waals surface area contributed by atoms with Gasteiger partial charge in [0, 0.05) is 44.4 Å². The molecule has 1 aromatic heterocycles. The molecule has 3 heterocycles. The number of nitrogens with one attached hydrogen (secondary N) is 1. The third-order valence-electron chi connectivity index (χ3n) is 6.51. The van der Waals surface area contributed by atoms with Crippen LogP contribution in [0.5, 0.6) is 5.75 Å². The fourth-order valence-electron chi connectivity index (χ4n) is 4.88. The number of guanidine groups is 1. The number of rotatable bonds is 7.